The Labute approximate surface area is 192 Å². The highest BCUT2D eigenvalue weighted by Crippen LogP contribution is 2.37. The molecule has 1 aliphatic rings. The molecule has 0 N–H and O–H groups in total. The predicted molar refractivity (Wildman–Crippen MR) is 109 cm³/mol. The topological polar surface area (TPSA) is 170 Å². The lowest BCUT2D eigenvalue weighted by Crippen LogP contribution is -2.61. The van der Waals surface area contributed by atoms with Crippen molar-refractivity contribution in [1.82, 2.24) is 4.98 Å². The molecule has 0 aliphatic carbocycles. The molecule has 0 bridgehead atoms. The molecule has 180 valence electrons. The van der Waals surface area contributed by atoms with E-state index in [2.05, 4.69) is 4.98 Å². The fourth-order valence-corrected chi connectivity index (χ4v) is 3.99. The zero-order valence-corrected chi connectivity index (χ0v) is 18.9. The second-order valence-corrected chi connectivity index (χ2v) is 7.92. The van der Waals surface area contributed by atoms with E-state index >= 15 is 0 Å². The summed E-state index contributed by atoms with van der Waals surface area (Å²) in [4.78, 5) is 60.9. The number of nitrogens with zero attached hydrogens (tertiary/aromatic N) is 2. The molecule has 0 saturated carbocycles. The molecule has 2 rings (SSSR count). The van der Waals surface area contributed by atoms with Gasteiger partial charge in [-0.25, -0.2) is 4.98 Å². The van der Waals surface area contributed by atoms with E-state index in [4.69, 9.17) is 23.7 Å². The van der Waals surface area contributed by atoms with Crippen molar-refractivity contribution in [3.63, 3.8) is 0 Å². The third-order valence-electron chi connectivity index (χ3n) is 4.12. The number of carbonyl (C=O) groups is 4. The van der Waals surface area contributed by atoms with Gasteiger partial charge in [0, 0.05) is 33.8 Å². The average Bonchev–Trinajstić information content (AvgIpc) is 2.70. The van der Waals surface area contributed by atoms with E-state index in [1.54, 1.807) is 0 Å². The minimum atomic E-state index is -1.31. The molecule has 13 nitrogen and oxygen atoms in total. The average molecular weight is 486 g/mol. The van der Waals surface area contributed by atoms with Gasteiger partial charge in [-0.2, -0.15) is 0 Å². The number of pyridine rings is 1. The Hall–Kier alpha value is -3.26. The van der Waals surface area contributed by atoms with E-state index in [9.17, 15) is 29.3 Å². The largest absolute Gasteiger partial charge is 0.463 e. The Kier molecular flexibility index (Phi) is 9.11. The number of carbonyl (C=O) groups excluding carboxylic acids is 4. The second kappa shape index (κ2) is 11.6. The summed E-state index contributed by atoms with van der Waals surface area (Å²) in [6.07, 6.45) is -3.89. The van der Waals surface area contributed by atoms with Gasteiger partial charge in [0.15, 0.2) is 23.7 Å². The summed E-state index contributed by atoms with van der Waals surface area (Å²) in [6.45, 7) is 4.18. The van der Waals surface area contributed by atoms with Crippen molar-refractivity contribution in [1.29, 1.82) is 0 Å². The van der Waals surface area contributed by atoms with Gasteiger partial charge in [0.1, 0.15) is 18.9 Å². The normalized spacial score (nSPS) is 24.3. The van der Waals surface area contributed by atoms with Crippen LogP contribution in [-0.2, 0) is 42.9 Å². The third kappa shape index (κ3) is 7.68. The van der Waals surface area contributed by atoms with E-state index in [0.717, 1.165) is 38.7 Å². The lowest BCUT2D eigenvalue weighted by Gasteiger charge is -2.44. The minimum absolute atomic E-state index is 0.235. The standard InChI is InChI=1S/C19H22N2O11S/c1-9(22)28-8-14-16(29-10(2)23)17(30-11(3)24)18(31-12(4)25)19(32-14)33-15-6-5-13(7-20-15)21(26)27/h5-7,14,16-19H,8H2,1-4H3/t14-,16-,17+,18-,19+/m1/s1. The summed E-state index contributed by atoms with van der Waals surface area (Å²) in [5.74, 6) is -2.85. The van der Waals surface area contributed by atoms with Gasteiger partial charge in [0.05, 0.1) is 9.95 Å². The van der Waals surface area contributed by atoms with E-state index < -0.39 is 58.7 Å². The van der Waals surface area contributed by atoms with Crippen LogP contribution in [0.15, 0.2) is 23.4 Å². The van der Waals surface area contributed by atoms with Gasteiger partial charge in [-0.15, -0.1) is 0 Å². The van der Waals surface area contributed by atoms with Crippen molar-refractivity contribution in [2.24, 2.45) is 0 Å². The Morgan fingerprint density at radius 3 is 2.03 bits per heavy atom. The summed E-state index contributed by atoms with van der Waals surface area (Å²) in [5.41, 5.74) is -1.31. The fourth-order valence-electron chi connectivity index (χ4n) is 2.95. The molecule has 1 saturated heterocycles. The van der Waals surface area contributed by atoms with Crippen LogP contribution in [-0.4, -0.2) is 70.2 Å². The van der Waals surface area contributed by atoms with Gasteiger partial charge in [0.2, 0.25) is 0 Å². The number of nitro groups is 1. The van der Waals surface area contributed by atoms with Crippen molar-refractivity contribution in [3.8, 4) is 0 Å². The highest BCUT2D eigenvalue weighted by Gasteiger charge is 2.52. The summed E-state index contributed by atoms with van der Waals surface area (Å²) in [7, 11) is 0. The summed E-state index contributed by atoms with van der Waals surface area (Å²) < 4.78 is 26.9. The number of hydrogen-bond donors (Lipinski definition) is 0. The third-order valence-corrected chi connectivity index (χ3v) is 5.21. The minimum Gasteiger partial charge on any atom is -0.463 e. The van der Waals surface area contributed by atoms with Gasteiger partial charge >= 0.3 is 23.9 Å². The van der Waals surface area contributed by atoms with E-state index in [0.29, 0.717) is 0 Å². The van der Waals surface area contributed by atoms with Gasteiger partial charge < -0.3 is 23.7 Å². The molecule has 1 aliphatic heterocycles. The lowest BCUT2D eigenvalue weighted by atomic mass is 9.99. The molecule has 5 atom stereocenters. The molecule has 1 aromatic rings. The molecule has 0 spiro atoms. The fraction of sp³-hybridized carbons (Fsp3) is 0.526. The first-order chi connectivity index (χ1) is 15.5. The van der Waals surface area contributed by atoms with Crippen LogP contribution in [0.25, 0.3) is 0 Å². The molecular formula is C19H22N2O11S. The number of hydrogen-bond acceptors (Lipinski definition) is 13. The Balaban J connectivity index is 2.43. The quantitative estimate of drug-likeness (QED) is 0.222. The summed E-state index contributed by atoms with van der Waals surface area (Å²) >= 11 is 0.919. The lowest BCUT2D eigenvalue weighted by molar-refractivity contribution is -0.385. The maximum Gasteiger partial charge on any atom is 0.303 e. The number of aromatic nitrogens is 1. The van der Waals surface area contributed by atoms with Crippen LogP contribution in [0.2, 0.25) is 0 Å². The molecule has 1 fully saturated rings. The first-order valence-electron chi connectivity index (χ1n) is 9.55. The van der Waals surface area contributed by atoms with E-state index in [1.807, 2.05) is 0 Å². The maximum atomic E-state index is 11.8. The molecule has 33 heavy (non-hydrogen) atoms. The van der Waals surface area contributed by atoms with Crippen LogP contribution >= 0.6 is 11.8 Å². The Bertz CT molecular complexity index is 908. The number of thioether (sulfide) groups is 1. The van der Waals surface area contributed by atoms with Crippen molar-refractivity contribution in [2.75, 3.05) is 6.61 Å². The van der Waals surface area contributed by atoms with Crippen molar-refractivity contribution < 1.29 is 47.8 Å². The maximum absolute atomic E-state index is 11.8. The molecule has 2 heterocycles. The first kappa shape index (κ1) is 26.0. The van der Waals surface area contributed by atoms with Gasteiger partial charge in [-0.3, -0.25) is 29.3 Å². The molecule has 0 amide bonds. The molecular weight excluding hydrogens is 464 g/mol. The van der Waals surface area contributed by atoms with E-state index in [-0.39, 0.29) is 17.3 Å². The van der Waals surface area contributed by atoms with Gasteiger partial charge in [0.25, 0.3) is 5.69 Å². The van der Waals surface area contributed by atoms with Crippen LogP contribution in [0.4, 0.5) is 5.69 Å². The molecule has 14 heteroatoms. The van der Waals surface area contributed by atoms with Gasteiger partial charge in [-0.1, -0.05) is 11.8 Å². The van der Waals surface area contributed by atoms with E-state index in [1.165, 1.54) is 19.1 Å². The SMILES string of the molecule is CC(=O)OC[C@H]1O[C@@H](Sc2ccc([N+](=O)[O-])cn2)[C@H](OC(C)=O)[C@@H](OC(C)=O)[C@@H]1OC(C)=O. The highest BCUT2D eigenvalue weighted by molar-refractivity contribution is 7.99. The van der Waals surface area contributed by atoms with Crippen molar-refractivity contribution in [2.45, 2.75) is 62.6 Å². The summed E-state index contributed by atoms with van der Waals surface area (Å²) in [6, 6.07) is 2.58. The zero-order valence-electron chi connectivity index (χ0n) is 18.1. The summed E-state index contributed by atoms with van der Waals surface area (Å²) in [5, 5.41) is 11.1. The molecule has 0 radical (unpaired) electrons. The smallest absolute Gasteiger partial charge is 0.303 e. The molecule has 0 unspecified atom stereocenters. The monoisotopic (exact) mass is 486 g/mol. The molecule has 1 aromatic heterocycles. The Morgan fingerprint density at radius 2 is 1.55 bits per heavy atom. The van der Waals surface area contributed by atoms with Crippen molar-refractivity contribution >= 4 is 41.3 Å². The van der Waals surface area contributed by atoms with Crippen LogP contribution in [0.3, 0.4) is 0 Å². The van der Waals surface area contributed by atoms with Crippen LogP contribution < -0.4 is 0 Å². The first-order valence-corrected chi connectivity index (χ1v) is 10.4. The number of rotatable bonds is 8. The van der Waals surface area contributed by atoms with Crippen LogP contribution in [0.5, 0.6) is 0 Å². The number of esters is 4. The second-order valence-electron chi connectivity index (χ2n) is 6.80. The predicted octanol–water partition coefficient (Wildman–Crippen LogP) is 1.16. The van der Waals surface area contributed by atoms with Crippen LogP contribution in [0, 0.1) is 10.1 Å². The number of ether oxygens (including phenoxy) is 5. The van der Waals surface area contributed by atoms with Crippen LogP contribution in [0.1, 0.15) is 27.7 Å². The highest BCUT2D eigenvalue weighted by atomic mass is 32.2. The zero-order chi connectivity index (χ0) is 24.7. The van der Waals surface area contributed by atoms with Gasteiger partial charge in [-0.05, 0) is 6.07 Å². The Morgan fingerprint density at radius 1 is 0.970 bits per heavy atom. The molecule has 0 aromatic carbocycles. The van der Waals surface area contributed by atoms with Crippen molar-refractivity contribution in [3.05, 3.63) is 28.4 Å².